The number of esters is 1. The first-order valence-corrected chi connectivity index (χ1v) is 12.6. The van der Waals surface area contributed by atoms with Crippen molar-refractivity contribution in [3.8, 4) is 11.1 Å². The quantitative estimate of drug-likeness (QED) is 0.242. The Morgan fingerprint density at radius 3 is 2.14 bits per heavy atom. The van der Waals surface area contributed by atoms with E-state index >= 15 is 8.78 Å². The molecule has 0 saturated heterocycles. The second-order valence-electron chi connectivity index (χ2n) is 9.41. The van der Waals surface area contributed by atoms with Crippen LogP contribution in [0, 0.1) is 23.3 Å². The fourth-order valence-corrected chi connectivity index (χ4v) is 4.97. The molecule has 1 aliphatic carbocycles. The zero-order valence-electron chi connectivity index (χ0n) is 20.6. The Labute approximate surface area is 209 Å². The zero-order chi connectivity index (χ0) is 25.8. The lowest BCUT2D eigenvalue weighted by Crippen LogP contribution is -2.25. The second-order valence-corrected chi connectivity index (χ2v) is 9.41. The number of carbonyl (C=O) groups is 1. The van der Waals surface area contributed by atoms with Gasteiger partial charge in [0.1, 0.15) is 6.10 Å². The first-order valence-electron chi connectivity index (χ1n) is 12.6. The van der Waals surface area contributed by atoms with Crippen molar-refractivity contribution in [1.29, 1.82) is 0 Å². The maximum atomic E-state index is 15.1. The molecular formula is C30H30F4O2. The minimum absolute atomic E-state index is 0.193. The van der Waals surface area contributed by atoms with Gasteiger partial charge in [0.2, 0.25) is 0 Å². The van der Waals surface area contributed by atoms with Crippen LogP contribution in [0.5, 0.6) is 0 Å². The van der Waals surface area contributed by atoms with Gasteiger partial charge in [-0.2, -0.15) is 0 Å². The summed E-state index contributed by atoms with van der Waals surface area (Å²) in [6.07, 6.45) is 3.60. The maximum absolute atomic E-state index is 15.1. The lowest BCUT2D eigenvalue weighted by molar-refractivity contribution is 0.0188. The van der Waals surface area contributed by atoms with Crippen LogP contribution in [0.3, 0.4) is 0 Å². The van der Waals surface area contributed by atoms with Crippen molar-refractivity contribution in [1.82, 2.24) is 0 Å². The number of hydrogen-bond donors (Lipinski definition) is 0. The molecule has 3 aromatic carbocycles. The van der Waals surface area contributed by atoms with Crippen molar-refractivity contribution in [2.75, 3.05) is 0 Å². The van der Waals surface area contributed by atoms with Crippen LogP contribution >= 0.6 is 0 Å². The van der Waals surface area contributed by atoms with E-state index in [2.05, 4.69) is 6.92 Å². The van der Waals surface area contributed by atoms with E-state index in [-0.39, 0.29) is 17.0 Å². The molecule has 0 atom stereocenters. The molecule has 0 radical (unpaired) electrons. The Morgan fingerprint density at radius 2 is 1.50 bits per heavy atom. The first kappa shape index (κ1) is 25.9. The third-order valence-electron chi connectivity index (χ3n) is 7.07. The van der Waals surface area contributed by atoms with Gasteiger partial charge in [0, 0.05) is 5.56 Å². The van der Waals surface area contributed by atoms with Crippen LogP contribution in [0.2, 0.25) is 0 Å². The average molecular weight is 499 g/mol. The van der Waals surface area contributed by atoms with Crippen LogP contribution in [-0.4, -0.2) is 12.1 Å². The van der Waals surface area contributed by atoms with E-state index in [1.807, 2.05) is 24.3 Å². The molecule has 0 bridgehead atoms. The number of benzene rings is 3. The largest absolute Gasteiger partial charge is 0.459 e. The number of aryl methyl sites for hydroxylation is 2. The van der Waals surface area contributed by atoms with Crippen LogP contribution in [0.4, 0.5) is 17.6 Å². The Balaban J connectivity index is 1.41. The van der Waals surface area contributed by atoms with E-state index in [0.29, 0.717) is 43.2 Å². The lowest BCUT2D eigenvalue weighted by atomic mass is 9.82. The summed E-state index contributed by atoms with van der Waals surface area (Å²) in [5, 5.41) is 0. The van der Waals surface area contributed by atoms with E-state index < -0.39 is 40.9 Å². The molecular weight excluding hydrogens is 468 g/mol. The molecule has 0 spiro atoms. The van der Waals surface area contributed by atoms with Gasteiger partial charge in [-0.05, 0) is 72.8 Å². The van der Waals surface area contributed by atoms with Gasteiger partial charge in [0.25, 0.3) is 0 Å². The number of halogens is 4. The Morgan fingerprint density at radius 1 is 0.806 bits per heavy atom. The van der Waals surface area contributed by atoms with E-state index in [1.54, 1.807) is 19.1 Å². The highest BCUT2D eigenvalue weighted by Crippen LogP contribution is 2.38. The van der Waals surface area contributed by atoms with Crippen LogP contribution < -0.4 is 0 Å². The summed E-state index contributed by atoms with van der Waals surface area (Å²) in [4.78, 5) is 12.4. The predicted molar refractivity (Wildman–Crippen MR) is 132 cm³/mol. The third kappa shape index (κ3) is 5.32. The molecule has 0 N–H and O–H groups in total. The van der Waals surface area contributed by atoms with E-state index in [1.165, 1.54) is 12.1 Å². The first-order chi connectivity index (χ1) is 17.3. The molecule has 6 heteroatoms. The zero-order valence-corrected chi connectivity index (χ0v) is 20.6. The minimum Gasteiger partial charge on any atom is -0.459 e. The van der Waals surface area contributed by atoms with Crippen LogP contribution in [-0.2, 0) is 17.6 Å². The molecule has 190 valence electrons. The van der Waals surface area contributed by atoms with Crippen molar-refractivity contribution in [3.05, 3.63) is 94.1 Å². The van der Waals surface area contributed by atoms with E-state index in [4.69, 9.17) is 4.74 Å². The summed E-state index contributed by atoms with van der Waals surface area (Å²) in [5.41, 5.74) is 2.08. The van der Waals surface area contributed by atoms with E-state index in [0.717, 1.165) is 18.4 Å². The summed E-state index contributed by atoms with van der Waals surface area (Å²) in [7, 11) is 0. The predicted octanol–water partition coefficient (Wildman–Crippen LogP) is 8.31. The molecule has 2 nitrogen and oxygen atoms in total. The van der Waals surface area contributed by atoms with Gasteiger partial charge < -0.3 is 4.74 Å². The third-order valence-corrected chi connectivity index (χ3v) is 7.07. The van der Waals surface area contributed by atoms with Gasteiger partial charge in [-0.1, -0.05) is 62.7 Å². The molecule has 4 rings (SSSR count). The summed E-state index contributed by atoms with van der Waals surface area (Å²) < 4.78 is 63.8. The second kappa shape index (κ2) is 11.3. The molecule has 0 unspecified atom stereocenters. The molecule has 0 heterocycles. The highest BCUT2D eigenvalue weighted by molar-refractivity contribution is 5.90. The number of hydrogen-bond acceptors (Lipinski definition) is 2. The number of carbonyl (C=O) groups excluding carboxylic acids is 1. The van der Waals surface area contributed by atoms with Crippen LogP contribution in [0.25, 0.3) is 11.1 Å². The summed E-state index contributed by atoms with van der Waals surface area (Å²) in [6, 6.07) is 13.4. The Kier molecular flexibility index (Phi) is 8.12. The minimum atomic E-state index is -1.20. The van der Waals surface area contributed by atoms with Crippen molar-refractivity contribution < 1.29 is 27.1 Å². The Hall–Kier alpha value is -3.15. The lowest BCUT2D eigenvalue weighted by Gasteiger charge is -2.29. The SMILES string of the molecule is CCCc1ccc(-c2ccc(C3CCC(OC(=O)c4ccc(CC)c(F)c4F)CC3)c(F)c2F)cc1. The summed E-state index contributed by atoms with van der Waals surface area (Å²) in [6.45, 7) is 3.78. The molecule has 0 aromatic heterocycles. The van der Waals surface area contributed by atoms with Gasteiger partial charge in [0.15, 0.2) is 23.3 Å². The molecule has 1 aliphatic rings. The number of ether oxygens (including phenoxy) is 1. The molecule has 0 aliphatic heterocycles. The van der Waals surface area contributed by atoms with Crippen LogP contribution in [0.1, 0.15) is 78.9 Å². The van der Waals surface area contributed by atoms with E-state index in [9.17, 15) is 13.6 Å². The normalized spacial score (nSPS) is 17.7. The van der Waals surface area contributed by atoms with Crippen molar-refractivity contribution in [2.24, 2.45) is 0 Å². The van der Waals surface area contributed by atoms with Crippen molar-refractivity contribution in [2.45, 2.75) is 70.8 Å². The van der Waals surface area contributed by atoms with Gasteiger partial charge in [-0.15, -0.1) is 0 Å². The average Bonchev–Trinajstić information content (AvgIpc) is 2.88. The molecule has 36 heavy (non-hydrogen) atoms. The fraction of sp³-hybridized carbons (Fsp3) is 0.367. The van der Waals surface area contributed by atoms with Crippen molar-refractivity contribution in [3.63, 3.8) is 0 Å². The molecule has 3 aromatic rings. The van der Waals surface area contributed by atoms with Gasteiger partial charge in [-0.3, -0.25) is 0 Å². The van der Waals surface area contributed by atoms with Crippen LogP contribution in [0.15, 0.2) is 48.5 Å². The maximum Gasteiger partial charge on any atom is 0.341 e. The topological polar surface area (TPSA) is 26.3 Å². The fourth-order valence-electron chi connectivity index (χ4n) is 4.97. The Bertz CT molecular complexity index is 1230. The smallest absolute Gasteiger partial charge is 0.341 e. The van der Waals surface area contributed by atoms with Gasteiger partial charge >= 0.3 is 5.97 Å². The van der Waals surface area contributed by atoms with Gasteiger partial charge in [-0.25, -0.2) is 22.4 Å². The molecule has 1 fully saturated rings. The monoisotopic (exact) mass is 498 g/mol. The van der Waals surface area contributed by atoms with Crippen molar-refractivity contribution >= 4 is 5.97 Å². The molecule has 0 amide bonds. The summed E-state index contributed by atoms with van der Waals surface area (Å²) in [5.74, 6) is -5.08. The summed E-state index contributed by atoms with van der Waals surface area (Å²) >= 11 is 0. The highest BCUT2D eigenvalue weighted by atomic mass is 19.2. The highest BCUT2D eigenvalue weighted by Gasteiger charge is 2.29. The number of rotatable bonds is 7. The molecule has 1 saturated carbocycles. The standard InChI is InChI=1S/C30H30F4O2/c1-3-5-18-6-8-20(9-7-18)23-16-17-24(28(33)27(23)32)21-10-13-22(14-11-21)36-30(35)25-15-12-19(4-2)26(31)29(25)34/h6-9,12,15-17,21-22H,3-5,10-11,13-14H2,1-2H3. The van der Waals surface area contributed by atoms with Gasteiger partial charge in [0.05, 0.1) is 5.56 Å².